The number of thiazole rings is 1. The molecular weight excluding hydrogens is 299 g/mol. The summed E-state index contributed by atoms with van der Waals surface area (Å²) < 4.78 is 37.5. The highest BCUT2D eigenvalue weighted by atomic mass is 32.1. The van der Waals surface area contributed by atoms with Crippen molar-refractivity contribution in [2.75, 3.05) is 0 Å². The van der Waals surface area contributed by atoms with E-state index >= 15 is 0 Å². The SMILES string of the molecule is CC(C)(C)c1nc(C(O)c2ccc(C(F)(F)F)cc2)cs1. The second-order valence-corrected chi connectivity index (χ2v) is 6.71. The second kappa shape index (κ2) is 5.42. The zero-order valence-electron chi connectivity index (χ0n) is 11.9. The van der Waals surface area contributed by atoms with Crippen molar-refractivity contribution in [3.63, 3.8) is 0 Å². The molecular formula is C15H16F3NOS. The van der Waals surface area contributed by atoms with Crippen LogP contribution in [0.15, 0.2) is 29.6 Å². The number of hydrogen-bond acceptors (Lipinski definition) is 3. The summed E-state index contributed by atoms with van der Waals surface area (Å²) in [5, 5.41) is 12.8. The molecule has 2 nitrogen and oxygen atoms in total. The van der Waals surface area contributed by atoms with Crippen molar-refractivity contribution in [3.05, 3.63) is 51.5 Å². The number of benzene rings is 1. The molecule has 0 amide bonds. The van der Waals surface area contributed by atoms with Crippen LogP contribution in [0.25, 0.3) is 0 Å². The Bertz CT molecular complexity index is 611. The number of alkyl halides is 3. The molecule has 0 fully saturated rings. The van der Waals surface area contributed by atoms with E-state index in [0.717, 1.165) is 17.1 Å². The molecule has 0 saturated carbocycles. The maximum absolute atomic E-state index is 12.5. The van der Waals surface area contributed by atoms with Crippen LogP contribution in [0.3, 0.4) is 0 Å². The van der Waals surface area contributed by atoms with E-state index in [1.54, 1.807) is 5.38 Å². The third-order valence-corrected chi connectivity index (χ3v) is 4.28. The van der Waals surface area contributed by atoms with Crippen molar-refractivity contribution in [1.82, 2.24) is 4.98 Å². The summed E-state index contributed by atoms with van der Waals surface area (Å²) in [7, 11) is 0. The van der Waals surface area contributed by atoms with E-state index in [2.05, 4.69) is 4.98 Å². The Hall–Kier alpha value is -1.40. The molecule has 0 bridgehead atoms. The van der Waals surface area contributed by atoms with Crippen LogP contribution in [-0.2, 0) is 11.6 Å². The molecule has 1 N–H and O–H groups in total. The van der Waals surface area contributed by atoms with Gasteiger partial charge in [-0.25, -0.2) is 4.98 Å². The number of rotatable bonds is 2. The lowest BCUT2D eigenvalue weighted by Gasteiger charge is -2.14. The minimum atomic E-state index is -4.37. The molecule has 1 heterocycles. The maximum Gasteiger partial charge on any atom is 0.416 e. The summed E-state index contributed by atoms with van der Waals surface area (Å²) in [5.74, 6) is 0. The topological polar surface area (TPSA) is 33.1 Å². The highest BCUT2D eigenvalue weighted by Crippen LogP contribution is 2.32. The van der Waals surface area contributed by atoms with Gasteiger partial charge < -0.3 is 5.11 Å². The van der Waals surface area contributed by atoms with Crippen LogP contribution in [0.2, 0.25) is 0 Å². The van der Waals surface area contributed by atoms with E-state index in [1.807, 2.05) is 20.8 Å². The van der Waals surface area contributed by atoms with Gasteiger partial charge in [0, 0.05) is 10.8 Å². The Morgan fingerprint density at radius 1 is 1.10 bits per heavy atom. The molecule has 0 radical (unpaired) electrons. The standard InChI is InChI=1S/C15H16F3NOS/c1-14(2,3)13-19-11(8-21-13)12(20)9-4-6-10(7-5-9)15(16,17)18/h4-8,12,20H,1-3H3. The Kier molecular flexibility index (Phi) is 4.13. The second-order valence-electron chi connectivity index (χ2n) is 5.85. The summed E-state index contributed by atoms with van der Waals surface area (Å²) in [6, 6.07) is 4.50. The van der Waals surface area contributed by atoms with Crippen molar-refractivity contribution in [3.8, 4) is 0 Å². The predicted molar refractivity (Wildman–Crippen MR) is 76.3 cm³/mol. The summed E-state index contributed by atoms with van der Waals surface area (Å²) in [4.78, 5) is 4.38. The first-order chi connectivity index (χ1) is 9.59. The zero-order chi connectivity index (χ0) is 15.8. The van der Waals surface area contributed by atoms with Crippen LogP contribution < -0.4 is 0 Å². The molecule has 2 rings (SSSR count). The predicted octanol–water partition coefficient (Wildman–Crippen LogP) is 4.54. The van der Waals surface area contributed by atoms with Crippen molar-refractivity contribution < 1.29 is 18.3 Å². The normalized spacial score (nSPS) is 14.2. The van der Waals surface area contributed by atoms with Crippen LogP contribution in [0.1, 0.15) is 48.7 Å². The molecule has 0 saturated heterocycles. The molecule has 1 aromatic carbocycles. The van der Waals surface area contributed by atoms with Crippen LogP contribution in [0, 0.1) is 0 Å². The molecule has 6 heteroatoms. The fourth-order valence-electron chi connectivity index (χ4n) is 1.78. The van der Waals surface area contributed by atoms with Crippen molar-refractivity contribution >= 4 is 11.3 Å². The molecule has 1 unspecified atom stereocenters. The van der Waals surface area contributed by atoms with E-state index in [4.69, 9.17) is 0 Å². The quantitative estimate of drug-likeness (QED) is 0.882. The molecule has 2 aromatic rings. The Labute approximate surface area is 125 Å². The third-order valence-electron chi connectivity index (χ3n) is 3.00. The van der Waals surface area contributed by atoms with Gasteiger partial charge in [-0.15, -0.1) is 11.3 Å². The largest absolute Gasteiger partial charge is 0.416 e. The van der Waals surface area contributed by atoms with Crippen LogP contribution in [-0.4, -0.2) is 10.1 Å². The van der Waals surface area contributed by atoms with E-state index in [1.165, 1.54) is 23.5 Å². The molecule has 1 aromatic heterocycles. The number of aliphatic hydroxyl groups excluding tert-OH is 1. The lowest BCUT2D eigenvalue weighted by Crippen LogP contribution is -2.11. The third kappa shape index (κ3) is 3.63. The fraction of sp³-hybridized carbons (Fsp3) is 0.400. The lowest BCUT2D eigenvalue weighted by molar-refractivity contribution is -0.137. The van der Waals surface area contributed by atoms with Crippen molar-refractivity contribution in [2.45, 2.75) is 38.5 Å². The molecule has 1 atom stereocenters. The van der Waals surface area contributed by atoms with Crippen LogP contribution in [0.4, 0.5) is 13.2 Å². The molecule has 0 spiro atoms. The van der Waals surface area contributed by atoms with E-state index < -0.39 is 17.8 Å². The van der Waals surface area contributed by atoms with Gasteiger partial charge in [0.25, 0.3) is 0 Å². The van der Waals surface area contributed by atoms with E-state index in [9.17, 15) is 18.3 Å². The average molecular weight is 315 g/mol. The number of hydrogen-bond donors (Lipinski definition) is 1. The van der Waals surface area contributed by atoms with E-state index in [-0.39, 0.29) is 5.41 Å². The summed E-state index contributed by atoms with van der Waals surface area (Å²) in [5.41, 5.74) is 0.00790. The molecule has 21 heavy (non-hydrogen) atoms. The van der Waals surface area contributed by atoms with Gasteiger partial charge in [0.2, 0.25) is 0 Å². The molecule has 0 aliphatic carbocycles. The smallest absolute Gasteiger partial charge is 0.382 e. The van der Waals surface area contributed by atoms with Crippen LogP contribution in [0.5, 0.6) is 0 Å². The first-order valence-electron chi connectivity index (χ1n) is 6.40. The molecule has 114 valence electrons. The Balaban J connectivity index is 2.24. The van der Waals surface area contributed by atoms with Gasteiger partial charge in [-0.2, -0.15) is 13.2 Å². The average Bonchev–Trinajstić information content (AvgIpc) is 2.86. The van der Waals surface area contributed by atoms with Gasteiger partial charge in [-0.3, -0.25) is 0 Å². The fourth-order valence-corrected chi connectivity index (χ4v) is 2.71. The van der Waals surface area contributed by atoms with Gasteiger partial charge in [0.15, 0.2) is 0 Å². The summed E-state index contributed by atoms with van der Waals surface area (Å²) in [6.07, 6.45) is -5.39. The van der Waals surface area contributed by atoms with Gasteiger partial charge in [0.05, 0.1) is 16.3 Å². The monoisotopic (exact) mass is 315 g/mol. The highest BCUT2D eigenvalue weighted by molar-refractivity contribution is 7.09. The number of halogens is 3. The van der Waals surface area contributed by atoms with Gasteiger partial charge in [-0.1, -0.05) is 32.9 Å². The molecule has 0 aliphatic rings. The summed E-state index contributed by atoms with van der Waals surface area (Å²) >= 11 is 1.44. The van der Waals surface area contributed by atoms with Gasteiger partial charge in [-0.05, 0) is 17.7 Å². The summed E-state index contributed by atoms with van der Waals surface area (Å²) in [6.45, 7) is 6.04. The van der Waals surface area contributed by atoms with E-state index in [0.29, 0.717) is 11.3 Å². The Morgan fingerprint density at radius 2 is 1.67 bits per heavy atom. The highest BCUT2D eigenvalue weighted by Gasteiger charge is 2.30. The van der Waals surface area contributed by atoms with Crippen LogP contribution >= 0.6 is 11.3 Å². The maximum atomic E-state index is 12.5. The minimum absolute atomic E-state index is 0.122. The Morgan fingerprint density at radius 3 is 2.10 bits per heavy atom. The van der Waals surface area contributed by atoms with Gasteiger partial charge >= 0.3 is 6.18 Å². The number of nitrogens with zero attached hydrogens (tertiary/aromatic N) is 1. The van der Waals surface area contributed by atoms with Gasteiger partial charge in [0.1, 0.15) is 6.10 Å². The lowest BCUT2D eigenvalue weighted by atomic mass is 9.98. The minimum Gasteiger partial charge on any atom is -0.382 e. The first kappa shape index (κ1) is 16.0. The number of aromatic nitrogens is 1. The van der Waals surface area contributed by atoms with Crippen molar-refractivity contribution in [2.24, 2.45) is 0 Å². The molecule has 0 aliphatic heterocycles. The number of aliphatic hydroxyl groups is 1. The zero-order valence-corrected chi connectivity index (χ0v) is 12.7. The van der Waals surface area contributed by atoms with Crippen molar-refractivity contribution in [1.29, 1.82) is 0 Å². The first-order valence-corrected chi connectivity index (χ1v) is 7.28.